The smallest absolute Gasteiger partial charge is 0.207 e. The van der Waals surface area contributed by atoms with Crippen molar-refractivity contribution in [2.75, 3.05) is 13.6 Å². The molecule has 0 saturated carbocycles. The van der Waals surface area contributed by atoms with Crippen LogP contribution in [-0.4, -0.2) is 34.7 Å². The van der Waals surface area contributed by atoms with Gasteiger partial charge in [0.15, 0.2) is 0 Å². The minimum atomic E-state index is -4.12. The Morgan fingerprint density at radius 1 is 1.10 bits per heavy atom. The largest absolute Gasteiger partial charge is 0.262 e. The van der Waals surface area contributed by atoms with Gasteiger partial charge >= 0.3 is 0 Å². The van der Waals surface area contributed by atoms with Gasteiger partial charge in [-0.05, 0) is 24.5 Å². The van der Waals surface area contributed by atoms with E-state index in [2.05, 4.69) is 0 Å². The summed E-state index contributed by atoms with van der Waals surface area (Å²) in [4.78, 5) is -0.681. The van der Waals surface area contributed by atoms with Gasteiger partial charge in [0.2, 0.25) is 10.0 Å². The molecule has 0 fully saturated rings. The third-order valence-corrected chi connectivity index (χ3v) is 6.25. The van der Waals surface area contributed by atoms with E-state index in [1.54, 1.807) is 0 Å². The molecule has 0 bridgehead atoms. The predicted octanol–water partition coefficient (Wildman–Crippen LogP) is 2.28. The summed E-state index contributed by atoms with van der Waals surface area (Å²) < 4.78 is 48.9. The number of halogens is 1. The Kier molecular flexibility index (Phi) is 5.60. The normalized spacial score (nSPS) is 13.1. The molecule has 0 saturated heterocycles. The molecule has 0 aliphatic carbocycles. The second-order valence-corrected chi connectivity index (χ2v) is 9.44. The van der Waals surface area contributed by atoms with E-state index in [1.165, 1.54) is 31.3 Å². The summed E-state index contributed by atoms with van der Waals surface area (Å²) in [6.07, 6.45) is 0.686. The van der Waals surface area contributed by atoms with Crippen LogP contribution >= 0.6 is 10.7 Å². The van der Waals surface area contributed by atoms with E-state index in [-0.39, 0.29) is 4.90 Å². The van der Waals surface area contributed by atoms with E-state index in [1.807, 2.05) is 13.8 Å². The summed E-state index contributed by atoms with van der Waals surface area (Å²) in [5.41, 5.74) is 0. The number of rotatable bonds is 6. The average Bonchev–Trinajstić information content (AvgIpc) is 2.34. The van der Waals surface area contributed by atoms with Crippen LogP contribution in [0.3, 0.4) is 0 Å². The van der Waals surface area contributed by atoms with Crippen LogP contribution in [0.5, 0.6) is 0 Å². The van der Waals surface area contributed by atoms with Crippen LogP contribution in [0.4, 0.5) is 0 Å². The molecule has 1 aromatic rings. The Labute approximate surface area is 125 Å². The standard InChI is InChI=1S/C12H18ClNO4S2/c1-10(2)8-9-14(3)20(17,18)12-7-5-4-6-11(12)19(13,15)16/h4-7,10H,8-9H2,1-3H3. The number of benzene rings is 1. The molecule has 8 heteroatoms. The van der Waals surface area contributed by atoms with Gasteiger partial charge in [0.25, 0.3) is 9.05 Å². The summed E-state index contributed by atoms with van der Waals surface area (Å²) in [6, 6.07) is 5.33. The SMILES string of the molecule is CC(C)CCN(C)S(=O)(=O)c1ccccc1S(=O)(=O)Cl. The molecule has 0 spiro atoms. The molecule has 1 rings (SSSR count). The Hall–Kier alpha value is -0.630. The van der Waals surface area contributed by atoms with Crippen molar-refractivity contribution in [1.29, 1.82) is 0 Å². The second-order valence-electron chi connectivity index (χ2n) is 4.89. The van der Waals surface area contributed by atoms with Gasteiger partial charge in [-0.25, -0.2) is 21.1 Å². The van der Waals surface area contributed by atoms with E-state index < -0.39 is 24.0 Å². The lowest BCUT2D eigenvalue weighted by Gasteiger charge is -2.19. The van der Waals surface area contributed by atoms with Crippen molar-refractivity contribution in [3.63, 3.8) is 0 Å². The summed E-state index contributed by atoms with van der Waals surface area (Å²) >= 11 is 0. The monoisotopic (exact) mass is 339 g/mol. The number of sulfonamides is 1. The molecule has 0 atom stereocenters. The van der Waals surface area contributed by atoms with Crippen LogP contribution in [0.15, 0.2) is 34.1 Å². The fourth-order valence-corrected chi connectivity index (χ4v) is 4.58. The first-order valence-electron chi connectivity index (χ1n) is 6.07. The zero-order chi connectivity index (χ0) is 15.6. The fourth-order valence-electron chi connectivity index (χ4n) is 1.59. The molecule has 0 aliphatic heterocycles. The highest BCUT2D eigenvalue weighted by Crippen LogP contribution is 2.26. The van der Waals surface area contributed by atoms with E-state index in [4.69, 9.17) is 10.7 Å². The summed E-state index contributed by atoms with van der Waals surface area (Å²) in [6.45, 7) is 4.28. The number of nitrogens with zero attached hydrogens (tertiary/aromatic N) is 1. The quantitative estimate of drug-likeness (QED) is 0.745. The predicted molar refractivity (Wildman–Crippen MR) is 78.8 cm³/mol. The molecule has 5 nitrogen and oxygen atoms in total. The summed E-state index contributed by atoms with van der Waals surface area (Å²) in [5.74, 6) is 0.347. The first-order chi connectivity index (χ1) is 9.06. The van der Waals surface area contributed by atoms with Gasteiger partial charge in [0, 0.05) is 24.3 Å². The molecule has 0 radical (unpaired) electrons. The van der Waals surface area contributed by atoms with Gasteiger partial charge in [-0.15, -0.1) is 0 Å². The van der Waals surface area contributed by atoms with E-state index in [0.717, 1.165) is 4.31 Å². The van der Waals surface area contributed by atoms with Gasteiger partial charge < -0.3 is 0 Å². The van der Waals surface area contributed by atoms with Crippen molar-refractivity contribution < 1.29 is 16.8 Å². The molecule has 1 aromatic carbocycles. The van der Waals surface area contributed by atoms with Gasteiger partial charge in [0.05, 0.1) is 0 Å². The first kappa shape index (κ1) is 17.4. The van der Waals surface area contributed by atoms with Crippen molar-refractivity contribution in [2.45, 2.75) is 30.1 Å². The third kappa shape index (κ3) is 4.18. The maximum Gasteiger partial charge on any atom is 0.262 e. The van der Waals surface area contributed by atoms with E-state index >= 15 is 0 Å². The average molecular weight is 340 g/mol. The Balaban J connectivity index is 3.23. The van der Waals surface area contributed by atoms with Crippen LogP contribution in [0.1, 0.15) is 20.3 Å². The summed E-state index contributed by atoms with van der Waals surface area (Å²) in [5, 5.41) is 0. The highest BCUT2D eigenvalue weighted by Gasteiger charge is 2.28. The van der Waals surface area contributed by atoms with Crippen molar-refractivity contribution >= 4 is 29.8 Å². The number of hydrogen-bond donors (Lipinski definition) is 0. The lowest BCUT2D eigenvalue weighted by Crippen LogP contribution is -2.29. The Morgan fingerprint density at radius 3 is 2.05 bits per heavy atom. The molecular weight excluding hydrogens is 322 g/mol. The molecule has 0 aliphatic rings. The number of hydrogen-bond acceptors (Lipinski definition) is 4. The van der Waals surface area contributed by atoms with Crippen LogP contribution < -0.4 is 0 Å². The van der Waals surface area contributed by atoms with E-state index in [0.29, 0.717) is 18.9 Å². The minimum absolute atomic E-state index is 0.291. The van der Waals surface area contributed by atoms with Crippen LogP contribution in [0.2, 0.25) is 0 Å². The Bertz CT molecular complexity index is 668. The topological polar surface area (TPSA) is 71.5 Å². The molecule has 114 valence electrons. The molecule has 0 unspecified atom stereocenters. The maximum absolute atomic E-state index is 12.4. The third-order valence-electron chi connectivity index (χ3n) is 2.82. The Morgan fingerprint density at radius 2 is 1.60 bits per heavy atom. The van der Waals surface area contributed by atoms with Crippen LogP contribution in [-0.2, 0) is 19.1 Å². The molecule has 0 N–H and O–H groups in total. The zero-order valence-electron chi connectivity index (χ0n) is 11.6. The first-order valence-corrected chi connectivity index (χ1v) is 9.81. The van der Waals surface area contributed by atoms with Crippen molar-refractivity contribution in [3.8, 4) is 0 Å². The summed E-state index contributed by atoms with van der Waals surface area (Å²) in [7, 11) is -1.28. The van der Waals surface area contributed by atoms with Crippen LogP contribution in [0.25, 0.3) is 0 Å². The van der Waals surface area contributed by atoms with Crippen molar-refractivity contribution in [2.24, 2.45) is 5.92 Å². The minimum Gasteiger partial charge on any atom is -0.207 e. The van der Waals surface area contributed by atoms with Gasteiger partial charge in [0.1, 0.15) is 9.79 Å². The van der Waals surface area contributed by atoms with Crippen molar-refractivity contribution in [3.05, 3.63) is 24.3 Å². The molecule has 0 heterocycles. The fraction of sp³-hybridized carbons (Fsp3) is 0.500. The molecule has 0 aromatic heterocycles. The van der Waals surface area contributed by atoms with Crippen LogP contribution in [0, 0.1) is 5.92 Å². The molecule has 20 heavy (non-hydrogen) atoms. The molecular formula is C12H18ClNO4S2. The molecule has 0 amide bonds. The zero-order valence-corrected chi connectivity index (χ0v) is 14.0. The lowest BCUT2D eigenvalue weighted by molar-refractivity contribution is 0.427. The lowest BCUT2D eigenvalue weighted by atomic mass is 10.1. The second kappa shape index (κ2) is 6.43. The van der Waals surface area contributed by atoms with E-state index in [9.17, 15) is 16.8 Å². The maximum atomic E-state index is 12.4. The highest BCUT2D eigenvalue weighted by molar-refractivity contribution is 8.14. The van der Waals surface area contributed by atoms with Gasteiger partial charge in [-0.3, -0.25) is 0 Å². The van der Waals surface area contributed by atoms with Gasteiger partial charge in [-0.1, -0.05) is 26.0 Å². The van der Waals surface area contributed by atoms with Crippen molar-refractivity contribution in [1.82, 2.24) is 4.31 Å². The van der Waals surface area contributed by atoms with Gasteiger partial charge in [-0.2, -0.15) is 0 Å². The highest BCUT2D eigenvalue weighted by atomic mass is 35.7.